The molecule has 4 nitrogen and oxygen atoms in total. The fourth-order valence-electron chi connectivity index (χ4n) is 2.15. The van der Waals surface area contributed by atoms with E-state index in [9.17, 15) is 9.90 Å². The minimum atomic E-state index is -0.138. The van der Waals surface area contributed by atoms with Crippen LogP contribution in [0.3, 0.4) is 0 Å². The zero-order chi connectivity index (χ0) is 17.5. The van der Waals surface area contributed by atoms with Crippen molar-refractivity contribution >= 4 is 39.8 Å². The van der Waals surface area contributed by atoms with E-state index in [2.05, 4.69) is 26.5 Å². The molecule has 0 aliphatic heterocycles. The molecule has 0 saturated carbocycles. The molecule has 0 saturated heterocycles. The van der Waals surface area contributed by atoms with Crippen LogP contribution in [0.25, 0.3) is 0 Å². The number of aromatic hydroxyl groups is 1. The van der Waals surface area contributed by atoms with Gasteiger partial charge >= 0.3 is 0 Å². The van der Waals surface area contributed by atoms with Crippen molar-refractivity contribution < 1.29 is 9.90 Å². The quantitative estimate of drug-likeness (QED) is 0.559. The third-order valence-electron chi connectivity index (χ3n) is 3.33. The highest BCUT2D eigenvalue weighted by molar-refractivity contribution is 9.10. The Hall–Kier alpha value is -1.79. The Bertz CT molecular complexity index is 722. The molecule has 6 heteroatoms. The van der Waals surface area contributed by atoms with Crippen LogP contribution in [-0.4, -0.2) is 23.0 Å². The summed E-state index contributed by atoms with van der Waals surface area (Å²) in [5, 5.41) is 13.7. The van der Waals surface area contributed by atoms with E-state index in [1.165, 1.54) is 11.8 Å². The maximum absolute atomic E-state index is 11.8. The Balaban J connectivity index is 1.76. The summed E-state index contributed by atoms with van der Waals surface area (Å²) in [6.45, 7) is 3.75. The summed E-state index contributed by atoms with van der Waals surface area (Å²) in [6, 6.07) is 11.5. The standard InChI is InChI=1S/C18H19BrN2O2S/c1-12-7-15(8-13(2)18(12)23)10-24-11-17(22)21-20-9-14-3-5-16(19)6-4-14/h3-9,23H,10-11H2,1-2H3,(H,21,22)/b20-9-. The highest BCUT2D eigenvalue weighted by Crippen LogP contribution is 2.25. The molecule has 0 spiro atoms. The van der Waals surface area contributed by atoms with E-state index in [-0.39, 0.29) is 5.91 Å². The van der Waals surface area contributed by atoms with Crippen molar-refractivity contribution in [2.75, 3.05) is 5.75 Å². The molecule has 0 unspecified atom stereocenters. The van der Waals surface area contributed by atoms with Gasteiger partial charge < -0.3 is 5.11 Å². The van der Waals surface area contributed by atoms with Crippen molar-refractivity contribution in [1.29, 1.82) is 0 Å². The zero-order valence-corrected chi connectivity index (χ0v) is 15.9. The Morgan fingerprint density at radius 3 is 2.50 bits per heavy atom. The van der Waals surface area contributed by atoms with Gasteiger partial charge in [0, 0.05) is 10.2 Å². The van der Waals surface area contributed by atoms with Crippen LogP contribution >= 0.6 is 27.7 Å². The molecule has 0 radical (unpaired) electrons. The van der Waals surface area contributed by atoms with Gasteiger partial charge in [-0.15, -0.1) is 11.8 Å². The van der Waals surface area contributed by atoms with Crippen molar-refractivity contribution in [2.24, 2.45) is 5.10 Å². The van der Waals surface area contributed by atoms with Crippen LogP contribution in [0.1, 0.15) is 22.3 Å². The van der Waals surface area contributed by atoms with Gasteiger partial charge in [0.05, 0.1) is 12.0 Å². The van der Waals surface area contributed by atoms with Crippen molar-refractivity contribution in [3.05, 3.63) is 63.1 Å². The molecule has 0 aromatic heterocycles. The second-order valence-corrected chi connectivity index (χ2v) is 7.32. The average Bonchev–Trinajstić information content (AvgIpc) is 2.54. The number of phenols is 1. The Labute approximate surface area is 154 Å². The van der Waals surface area contributed by atoms with Crippen molar-refractivity contribution in [1.82, 2.24) is 5.43 Å². The van der Waals surface area contributed by atoms with Crippen LogP contribution in [0, 0.1) is 13.8 Å². The summed E-state index contributed by atoms with van der Waals surface area (Å²) in [5.74, 6) is 1.24. The largest absolute Gasteiger partial charge is 0.507 e. The van der Waals surface area contributed by atoms with E-state index >= 15 is 0 Å². The first-order chi connectivity index (χ1) is 11.5. The number of hydrogen-bond donors (Lipinski definition) is 2. The fraction of sp³-hybridized carbons (Fsp3) is 0.222. The Kier molecular flexibility index (Phi) is 6.87. The number of nitrogens with one attached hydrogen (secondary N) is 1. The van der Waals surface area contributed by atoms with Crippen LogP contribution in [0.15, 0.2) is 46.0 Å². The van der Waals surface area contributed by atoms with Crippen LogP contribution in [-0.2, 0) is 10.5 Å². The van der Waals surface area contributed by atoms with E-state index in [0.29, 0.717) is 17.3 Å². The second kappa shape index (κ2) is 8.89. The van der Waals surface area contributed by atoms with Crippen molar-refractivity contribution in [3.8, 4) is 5.75 Å². The number of halogens is 1. The molecule has 126 valence electrons. The van der Waals surface area contributed by atoms with Gasteiger partial charge in [0.15, 0.2) is 0 Å². The van der Waals surface area contributed by atoms with Gasteiger partial charge in [-0.3, -0.25) is 4.79 Å². The maximum Gasteiger partial charge on any atom is 0.250 e. The van der Waals surface area contributed by atoms with Gasteiger partial charge in [0.25, 0.3) is 0 Å². The summed E-state index contributed by atoms with van der Waals surface area (Å²) >= 11 is 4.88. The number of rotatable bonds is 6. The Morgan fingerprint density at radius 1 is 1.25 bits per heavy atom. The third-order valence-corrected chi connectivity index (χ3v) is 4.86. The lowest BCUT2D eigenvalue weighted by atomic mass is 10.1. The number of benzene rings is 2. The number of carbonyl (C=O) groups is 1. The van der Waals surface area contributed by atoms with E-state index in [1.54, 1.807) is 6.21 Å². The molecular formula is C18H19BrN2O2S. The first-order valence-corrected chi connectivity index (χ1v) is 9.35. The highest BCUT2D eigenvalue weighted by Gasteiger charge is 2.05. The number of amides is 1. The van der Waals surface area contributed by atoms with E-state index < -0.39 is 0 Å². The first-order valence-electron chi connectivity index (χ1n) is 7.40. The predicted molar refractivity (Wildman–Crippen MR) is 104 cm³/mol. The van der Waals surface area contributed by atoms with Crippen LogP contribution in [0.5, 0.6) is 5.75 Å². The number of nitrogens with zero attached hydrogens (tertiary/aromatic N) is 1. The van der Waals surface area contributed by atoms with Gasteiger partial charge in [0.2, 0.25) is 5.91 Å². The number of thioether (sulfide) groups is 1. The average molecular weight is 407 g/mol. The molecule has 0 fully saturated rings. The van der Waals surface area contributed by atoms with Gasteiger partial charge in [-0.2, -0.15) is 5.10 Å². The minimum Gasteiger partial charge on any atom is -0.507 e. The molecule has 0 aliphatic carbocycles. The molecular weight excluding hydrogens is 388 g/mol. The zero-order valence-electron chi connectivity index (χ0n) is 13.5. The van der Waals surface area contributed by atoms with Gasteiger partial charge in [-0.05, 0) is 48.2 Å². The number of hydrazone groups is 1. The lowest BCUT2D eigenvalue weighted by molar-refractivity contribution is -0.118. The summed E-state index contributed by atoms with van der Waals surface area (Å²) in [6.07, 6.45) is 1.61. The predicted octanol–water partition coefficient (Wildman–Crippen LogP) is 4.16. The maximum atomic E-state index is 11.8. The smallest absolute Gasteiger partial charge is 0.250 e. The van der Waals surface area contributed by atoms with E-state index in [1.807, 2.05) is 50.2 Å². The summed E-state index contributed by atoms with van der Waals surface area (Å²) in [5.41, 5.74) is 6.25. The SMILES string of the molecule is Cc1cc(CSCC(=O)N/N=C\c2ccc(Br)cc2)cc(C)c1O. The topological polar surface area (TPSA) is 61.7 Å². The molecule has 24 heavy (non-hydrogen) atoms. The number of aryl methyl sites for hydroxylation is 2. The summed E-state index contributed by atoms with van der Waals surface area (Å²) in [7, 11) is 0. The molecule has 0 aliphatic rings. The van der Waals surface area contributed by atoms with Gasteiger partial charge in [-0.1, -0.05) is 40.2 Å². The molecule has 1 amide bonds. The molecule has 2 aromatic carbocycles. The monoisotopic (exact) mass is 406 g/mol. The first kappa shape index (κ1) is 18.5. The van der Waals surface area contributed by atoms with Crippen molar-refractivity contribution in [3.63, 3.8) is 0 Å². The van der Waals surface area contributed by atoms with Gasteiger partial charge in [0.1, 0.15) is 5.75 Å². The summed E-state index contributed by atoms with van der Waals surface area (Å²) < 4.78 is 1.000. The molecule has 2 aromatic rings. The van der Waals surface area contributed by atoms with Crippen LogP contribution in [0.4, 0.5) is 0 Å². The van der Waals surface area contributed by atoms with Crippen LogP contribution in [0.2, 0.25) is 0 Å². The normalized spacial score (nSPS) is 11.0. The van der Waals surface area contributed by atoms with E-state index in [0.717, 1.165) is 26.7 Å². The molecule has 2 N–H and O–H groups in total. The third kappa shape index (κ3) is 5.69. The number of carbonyl (C=O) groups excluding carboxylic acids is 1. The van der Waals surface area contributed by atoms with Crippen molar-refractivity contribution in [2.45, 2.75) is 19.6 Å². The number of hydrogen-bond acceptors (Lipinski definition) is 4. The Morgan fingerprint density at radius 2 is 1.88 bits per heavy atom. The minimum absolute atomic E-state index is 0.138. The lowest BCUT2D eigenvalue weighted by Gasteiger charge is -2.07. The second-order valence-electron chi connectivity index (χ2n) is 5.42. The molecule has 2 rings (SSSR count). The molecule has 0 heterocycles. The lowest BCUT2D eigenvalue weighted by Crippen LogP contribution is -2.19. The molecule has 0 atom stereocenters. The molecule has 0 bridgehead atoms. The van der Waals surface area contributed by atoms with E-state index in [4.69, 9.17) is 0 Å². The van der Waals surface area contributed by atoms with Crippen LogP contribution < -0.4 is 5.43 Å². The summed E-state index contributed by atoms with van der Waals surface area (Å²) in [4.78, 5) is 11.8. The number of phenolic OH excluding ortho intramolecular Hbond substituents is 1. The van der Waals surface area contributed by atoms with Gasteiger partial charge in [-0.25, -0.2) is 5.43 Å². The highest BCUT2D eigenvalue weighted by atomic mass is 79.9. The fourth-order valence-corrected chi connectivity index (χ4v) is 3.17.